The van der Waals surface area contributed by atoms with Crippen molar-refractivity contribution in [3.8, 4) is 5.75 Å². The number of carbonyl (C=O) groups excluding carboxylic acids is 3. The first-order chi connectivity index (χ1) is 28.3. The molecule has 10 rings (SSSR count). The quantitative estimate of drug-likeness (QED) is 0.152. The van der Waals surface area contributed by atoms with E-state index in [2.05, 4.69) is 52.1 Å². The molecule has 7 heterocycles. The predicted octanol–water partition coefficient (Wildman–Crippen LogP) is 4.35. The van der Waals surface area contributed by atoms with Crippen LogP contribution in [0.15, 0.2) is 48.6 Å². The van der Waals surface area contributed by atoms with Crippen LogP contribution < -0.4 is 9.64 Å². The molecule has 2 bridgehead atoms. The fourth-order valence-electron chi connectivity index (χ4n) is 13.9. The maximum atomic E-state index is 15.4. The summed E-state index contributed by atoms with van der Waals surface area (Å²) in [6.07, 6.45) is 6.85. The Hall–Kier alpha value is -4.43. The van der Waals surface area contributed by atoms with Gasteiger partial charge in [-0.1, -0.05) is 44.2 Å². The lowest BCUT2D eigenvalue weighted by Gasteiger charge is -2.63. The molecule has 11 atom stereocenters. The van der Waals surface area contributed by atoms with Gasteiger partial charge in [-0.25, -0.2) is 4.79 Å². The molecule has 3 saturated heterocycles. The molecule has 4 fully saturated rings. The van der Waals surface area contributed by atoms with E-state index in [1.165, 1.54) is 21.1 Å². The van der Waals surface area contributed by atoms with Crippen LogP contribution in [0.5, 0.6) is 5.75 Å². The summed E-state index contributed by atoms with van der Waals surface area (Å²) < 4.78 is 30.6. The molecule has 2 N–H and O–H groups in total. The summed E-state index contributed by atoms with van der Waals surface area (Å²) in [6, 6.07) is 11.2. The van der Waals surface area contributed by atoms with Gasteiger partial charge in [0.2, 0.25) is 5.60 Å². The number of esters is 3. The molecule has 6 unspecified atom stereocenters. The lowest BCUT2D eigenvalue weighted by molar-refractivity contribution is -0.228. The molecule has 1 aliphatic carbocycles. The van der Waals surface area contributed by atoms with Crippen molar-refractivity contribution in [3.05, 3.63) is 70.9 Å². The van der Waals surface area contributed by atoms with E-state index in [1.54, 1.807) is 7.11 Å². The average Bonchev–Trinajstić information content (AvgIpc) is 3.52. The highest BCUT2D eigenvalue weighted by molar-refractivity contribution is 5.95. The summed E-state index contributed by atoms with van der Waals surface area (Å²) >= 11 is 0. The first-order valence-electron chi connectivity index (χ1n) is 21.3. The number of fused-ring (bicyclic) bond motifs is 8. The number of nitrogens with zero attached hydrogens (tertiary/aromatic N) is 3. The highest BCUT2D eigenvalue weighted by Gasteiger charge is 2.80. The first-order valence-corrected chi connectivity index (χ1v) is 21.3. The highest BCUT2D eigenvalue weighted by Crippen LogP contribution is 2.68. The van der Waals surface area contributed by atoms with E-state index < -0.39 is 45.9 Å². The van der Waals surface area contributed by atoms with Gasteiger partial charge in [-0.3, -0.25) is 19.4 Å². The number of rotatable bonds is 7. The van der Waals surface area contributed by atoms with Crippen LogP contribution >= 0.6 is 0 Å². The standard InChI is InChI=1S/C46H56N4O9/c1-8-42-16-12-18-49-20-17-44(36(42)49)30-21-31(34(55-5)22-33(30)48(4)37(44)46(54,41(53)57-7)38(42)58-26(3)51)45(40(52)56-6)24-27-23-43(9-2)39(59-43)50(25-27)19-15-29-28-13-10-11-14-32(28)47-35(29)45/h10-14,16,21-22,27,36-39,47,54H,8-9,15,17-20,23-25H2,1-7H3/t27?,36?,37?,38?,39?,42-,43+,44-,45+,46+/m1/s1. The largest absolute Gasteiger partial charge is 0.496 e. The number of carbonyl (C=O) groups is 3. The van der Waals surface area contributed by atoms with Crippen molar-refractivity contribution in [2.45, 2.75) is 106 Å². The molecular formula is C46H56N4O9. The van der Waals surface area contributed by atoms with E-state index in [-0.39, 0.29) is 29.8 Å². The number of likely N-dealkylation sites (N-methyl/N-ethyl adjacent to an activating group) is 1. The molecule has 6 aliphatic heterocycles. The van der Waals surface area contributed by atoms with E-state index in [1.807, 2.05) is 37.1 Å². The second kappa shape index (κ2) is 13.0. The van der Waals surface area contributed by atoms with Gasteiger partial charge in [0, 0.05) is 84.4 Å². The number of hydrogen-bond donors (Lipinski definition) is 2. The Bertz CT molecular complexity index is 2310. The van der Waals surface area contributed by atoms with Gasteiger partial charge in [0.1, 0.15) is 23.0 Å². The van der Waals surface area contributed by atoms with Crippen LogP contribution in [-0.4, -0.2) is 128 Å². The number of anilines is 1. The Morgan fingerprint density at radius 1 is 0.966 bits per heavy atom. The van der Waals surface area contributed by atoms with Crippen molar-refractivity contribution in [2.75, 3.05) is 59.5 Å². The minimum absolute atomic E-state index is 0.0634. The fraction of sp³-hybridized carbons (Fsp3) is 0.587. The zero-order valence-electron chi connectivity index (χ0n) is 35.1. The first kappa shape index (κ1) is 38.8. The SMILES string of the molecule is CC[C@]12CC3CN(CCc4c([nH]c5ccccc45)[C@@](C(=O)OC)(c4cc5c(cc4OC)N(C)C4[C@@](O)(C(=O)OC)C(OC(C)=O)[C@]6(CC)C=CCN7CC[C@]54C76)C3)C1O2. The smallest absolute Gasteiger partial charge is 0.344 e. The van der Waals surface area contributed by atoms with Crippen LogP contribution in [0.25, 0.3) is 10.9 Å². The molecule has 314 valence electrons. The summed E-state index contributed by atoms with van der Waals surface area (Å²) in [4.78, 5) is 53.4. The van der Waals surface area contributed by atoms with Crippen molar-refractivity contribution < 1.29 is 43.2 Å². The molecule has 1 spiro atoms. The number of epoxide rings is 1. The van der Waals surface area contributed by atoms with Crippen molar-refractivity contribution in [1.29, 1.82) is 0 Å². The molecule has 7 aliphatic rings. The zero-order valence-corrected chi connectivity index (χ0v) is 35.1. The van der Waals surface area contributed by atoms with Gasteiger partial charge in [0.25, 0.3) is 0 Å². The van der Waals surface area contributed by atoms with Gasteiger partial charge in [-0.2, -0.15) is 0 Å². The second-order valence-electron chi connectivity index (χ2n) is 18.3. The van der Waals surface area contributed by atoms with Crippen LogP contribution in [0.3, 0.4) is 0 Å². The molecular weight excluding hydrogens is 753 g/mol. The van der Waals surface area contributed by atoms with Crippen LogP contribution in [-0.2, 0) is 50.6 Å². The fourth-order valence-corrected chi connectivity index (χ4v) is 13.9. The Morgan fingerprint density at radius 2 is 1.75 bits per heavy atom. The Labute approximate surface area is 344 Å². The third kappa shape index (κ3) is 4.73. The Kier molecular flexibility index (Phi) is 8.56. The monoisotopic (exact) mass is 808 g/mol. The predicted molar refractivity (Wildman–Crippen MR) is 218 cm³/mol. The molecule has 13 heteroatoms. The number of aromatic nitrogens is 1. The number of aliphatic hydroxyl groups is 1. The molecule has 59 heavy (non-hydrogen) atoms. The normalized spacial score (nSPS) is 38.7. The number of H-pyrrole nitrogens is 1. The second-order valence-corrected chi connectivity index (χ2v) is 18.3. The lowest BCUT2D eigenvalue weighted by atomic mass is 9.47. The summed E-state index contributed by atoms with van der Waals surface area (Å²) in [5, 5.41) is 14.4. The van der Waals surface area contributed by atoms with Gasteiger partial charge in [0.15, 0.2) is 6.10 Å². The summed E-state index contributed by atoms with van der Waals surface area (Å²) in [7, 11) is 6.24. The minimum atomic E-state index is -2.28. The number of ether oxygens (including phenoxy) is 5. The van der Waals surface area contributed by atoms with E-state index in [0.29, 0.717) is 50.1 Å². The van der Waals surface area contributed by atoms with E-state index in [0.717, 1.165) is 59.3 Å². The topological polar surface area (TPSA) is 146 Å². The third-order valence-corrected chi connectivity index (χ3v) is 16.0. The summed E-state index contributed by atoms with van der Waals surface area (Å²) in [5.41, 5.74) is -0.578. The number of aromatic amines is 1. The van der Waals surface area contributed by atoms with Crippen molar-refractivity contribution >= 4 is 34.5 Å². The highest BCUT2D eigenvalue weighted by atomic mass is 16.6. The van der Waals surface area contributed by atoms with Crippen LogP contribution in [0.2, 0.25) is 0 Å². The van der Waals surface area contributed by atoms with E-state index in [9.17, 15) is 14.7 Å². The molecule has 3 aromatic rings. The molecule has 0 amide bonds. The van der Waals surface area contributed by atoms with Crippen LogP contribution in [0.1, 0.15) is 75.3 Å². The number of hydrogen-bond acceptors (Lipinski definition) is 12. The maximum Gasteiger partial charge on any atom is 0.344 e. The molecule has 13 nitrogen and oxygen atoms in total. The Balaban J connectivity index is 1.27. The molecule has 1 aromatic heterocycles. The van der Waals surface area contributed by atoms with Gasteiger partial charge in [-0.05, 0) is 74.2 Å². The van der Waals surface area contributed by atoms with Crippen LogP contribution in [0, 0.1) is 11.3 Å². The number of piperidine rings is 1. The molecule has 0 radical (unpaired) electrons. The third-order valence-electron chi connectivity index (χ3n) is 16.0. The number of nitrogens with one attached hydrogen (secondary N) is 1. The Morgan fingerprint density at radius 3 is 2.46 bits per heavy atom. The van der Waals surface area contributed by atoms with Crippen LogP contribution in [0.4, 0.5) is 5.69 Å². The lowest BCUT2D eigenvalue weighted by Crippen LogP contribution is -2.81. The summed E-state index contributed by atoms with van der Waals surface area (Å²) in [6.45, 7) is 8.44. The molecule has 2 aromatic carbocycles. The molecule has 1 saturated carbocycles. The maximum absolute atomic E-state index is 15.4. The number of benzene rings is 2. The van der Waals surface area contributed by atoms with Gasteiger partial charge in [-0.15, -0.1) is 0 Å². The number of methoxy groups -OCH3 is 3. The van der Waals surface area contributed by atoms with E-state index >= 15 is 4.79 Å². The summed E-state index contributed by atoms with van der Waals surface area (Å²) in [5.74, 6) is -1.27. The van der Waals surface area contributed by atoms with Crippen molar-refractivity contribution in [2.24, 2.45) is 11.3 Å². The zero-order chi connectivity index (χ0) is 41.4. The number of para-hydroxylation sites is 1. The van der Waals surface area contributed by atoms with E-state index in [4.69, 9.17) is 23.7 Å². The van der Waals surface area contributed by atoms with Crippen molar-refractivity contribution in [3.63, 3.8) is 0 Å². The minimum Gasteiger partial charge on any atom is -0.496 e. The van der Waals surface area contributed by atoms with Gasteiger partial charge >= 0.3 is 17.9 Å². The van der Waals surface area contributed by atoms with Gasteiger partial charge in [0.05, 0.1) is 27.4 Å². The van der Waals surface area contributed by atoms with Crippen molar-refractivity contribution in [1.82, 2.24) is 14.8 Å². The van der Waals surface area contributed by atoms with Gasteiger partial charge < -0.3 is 38.7 Å². The average molecular weight is 809 g/mol.